The highest BCUT2D eigenvalue weighted by Gasteiger charge is 2.18. The molecular formula is C11H15ClO. The van der Waals surface area contributed by atoms with Gasteiger partial charge in [0.25, 0.3) is 0 Å². The van der Waals surface area contributed by atoms with Crippen LogP contribution in [0.3, 0.4) is 0 Å². The molecule has 0 fully saturated rings. The molecule has 1 nitrogen and oxygen atoms in total. The van der Waals surface area contributed by atoms with Crippen LogP contribution in [-0.2, 0) is 5.41 Å². The number of aryl methyl sites for hydroxylation is 1. The smallest absolute Gasteiger partial charge is 0.118 e. The summed E-state index contributed by atoms with van der Waals surface area (Å²) in [6, 6.07) is 3.55. The monoisotopic (exact) mass is 198 g/mol. The lowest BCUT2D eigenvalue weighted by Crippen LogP contribution is -2.11. The van der Waals surface area contributed by atoms with Crippen molar-refractivity contribution in [2.45, 2.75) is 33.1 Å². The summed E-state index contributed by atoms with van der Waals surface area (Å²) in [5.41, 5.74) is 1.78. The standard InChI is InChI=1S/C11H15ClO/c1-7-5-9(12)8(6-10(7)13)11(2,3)4/h5-6,13H,1-4H3. The number of halogens is 1. The summed E-state index contributed by atoms with van der Waals surface area (Å²) in [5.74, 6) is 0.314. The average molecular weight is 199 g/mol. The molecule has 0 amide bonds. The number of phenols is 1. The van der Waals surface area contributed by atoms with E-state index >= 15 is 0 Å². The molecule has 72 valence electrons. The molecule has 0 unspecified atom stereocenters. The van der Waals surface area contributed by atoms with E-state index in [2.05, 4.69) is 20.8 Å². The first-order valence-electron chi connectivity index (χ1n) is 4.32. The summed E-state index contributed by atoms with van der Waals surface area (Å²) in [7, 11) is 0. The largest absolute Gasteiger partial charge is 0.508 e. The Morgan fingerprint density at radius 2 is 1.77 bits per heavy atom. The Balaban J connectivity index is 3.32. The summed E-state index contributed by atoms with van der Waals surface area (Å²) in [6.45, 7) is 8.06. The molecule has 13 heavy (non-hydrogen) atoms. The highest BCUT2D eigenvalue weighted by atomic mass is 35.5. The van der Waals surface area contributed by atoms with Crippen LogP contribution in [-0.4, -0.2) is 5.11 Å². The first-order chi connectivity index (χ1) is 5.82. The number of aromatic hydroxyl groups is 1. The molecule has 0 radical (unpaired) electrons. The Hall–Kier alpha value is -0.690. The predicted octanol–water partition coefficient (Wildman–Crippen LogP) is 3.65. The quantitative estimate of drug-likeness (QED) is 0.675. The topological polar surface area (TPSA) is 20.2 Å². The van der Waals surface area contributed by atoms with Gasteiger partial charge >= 0.3 is 0 Å². The van der Waals surface area contributed by atoms with Crippen LogP contribution in [0.5, 0.6) is 5.75 Å². The second-order valence-electron chi connectivity index (χ2n) is 4.37. The molecule has 1 N–H and O–H groups in total. The van der Waals surface area contributed by atoms with Gasteiger partial charge in [-0.1, -0.05) is 32.4 Å². The third-order valence-corrected chi connectivity index (χ3v) is 2.41. The first kappa shape index (κ1) is 10.4. The number of rotatable bonds is 0. The van der Waals surface area contributed by atoms with E-state index < -0.39 is 0 Å². The summed E-state index contributed by atoms with van der Waals surface area (Å²) in [6.07, 6.45) is 0. The van der Waals surface area contributed by atoms with Gasteiger partial charge in [0, 0.05) is 5.02 Å². The van der Waals surface area contributed by atoms with Crippen LogP contribution in [0.4, 0.5) is 0 Å². The molecule has 0 bridgehead atoms. The van der Waals surface area contributed by atoms with Gasteiger partial charge in [0.2, 0.25) is 0 Å². The molecule has 0 heterocycles. The molecule has 0 aliphatic carbocycles. The van der Waals surface area contributed by atoms with Crippen molar-refractivity contribution in [3.8, 4) is 5.75 Å². The van der Waals surface area contributed by atoms with Gasteiger partial charge in [-0.15, -0.1) is 0 Å². The van der Waals surface area contributed by atoms with Crippen LogP contribution < -0.4 is 0 Å². The van der Waals surface area contributed by atoms with Crippen LogP contribution >= 0.6 is 11.6 Å². The highest BCUT2D eigenvalue weighted by Crippen LogP contribution is 2.33. The Morgan fingerprint density at radius 3 is 2.23 bits per heavy atom. The molecular weight excluding hydrogens is 184 g/mol. The molecule has 1 aromatic carbocycles. The van der Waals surface area contributed by atoms with E-state index in [1.165, 1.54) is 0 Å². The second kappa shape index (κ2) is 3.22. The lowest BCUT2D eigenvalue weighted by Gasteiger charge is -2.21. The van der Waals surface area contributed by atoms with Crippen LogP contribution in [0.25, 0.3) is 0 Å². The molecule has 0 aromatic heterocycles. The summed E-state index contributed by atoms with van der Waals surface area (Å²) in [4.78, 5) is 0. The van der Waals surface area contributed by atoms with Crippen molar-refractivity contribution < 1.29 is 5.11 Å². The van der Waals surface area contributed by atoms with Crippen molar-refractivity contribution in [1.29, 1.82) is 0 Å². The molecule has 1 aromatic rings. The van der Waals surface area contributed by atoms with E-state index in [9.17, 15) is 5.11 Å². The lowest BCUT2D eigenvalue weighted by atomic mass is 9.86. The molecule has 0 saturated heterocycles. The van der Waals surface area contributed by atoms with Crippen molar-refractivity contribution in [2.24, 2.45) is 0 Å². The van der Waals surface area contributed by atoms with Crippen molar-refractivity contribution in [1.82, 2.24) is 0 Å². The van der Waals surface area contributed by atoms with Crippen molar-refractivity contribution >= 4 is 11.6 Å². The van der Waals surface area contributed by atoms with Gasteiger partial charge in [-0.2, -0.15) is 0 Å². The average Bonchev–Trinajstić information content (AvgIpc) is 1.94. The maximum Gasteiger partial charge on any atom is 0.118 e. The maximum atomic E-state index is 9.53. The molecule has 0 aliphatic heterocycles. The third kappa shape index (κ3) is 2.16. The first-order valence-corrected chi connectivity index (χ1v) is 4.70. The minimum absolute atomic E-state index is 0.0255. The fourth-order valence-corrected chi connectivity index (χ4v) is 1.74. The van der Waals surface area contributed by atoms with Crippen LogP contribution in [0.2, 0.25) is 5.02 Å². The zero-order valence-electron chi connectivity index (χ0n) is 8.48. The summed E-state index contributed by atoms with van der Waals surface area (Å²) < 4.78 is 0. The van der Waals surface area contributed by atoms with Gasteiger partial charge in [-0.25, -0.2) is 0 Å². The number of benzene rings is 1. The third-order valence-electron chi connectivity index (χ3n) is 2.09. The Kier molecular flexibility index (Phi) is 2.58. The minimum Gasteiger partial charge on any atom is -0.508 e. The van der Waals surface area contributed by atoms with E-state index in [-0.39, 0.29) is 5.41 Å². The molecule has 0 atom stereocenters. The Bertz CT molecular complexity index is 324. The van der Waals surface area contributed by atoms with Crippen LogP contribution in [0.1, 0.15) is 31.9 Å². The van der Waals surface area contributed by atoms with Gasteiger partial charge in [-0.3, -0.25) is 0 Å². The van der Waals surface area contributed by atoms with Gasteiger partial charge in [0.1, 0.15) is 5.75 Å². The molecule has 0 aliphatic rings. The van der Waals surface area contributed by atoms with Crippen molar-refractivity contribution in [3.63, 3.8) is 0 Å². The Morgan fingerprint density at radius 1 is 1.23 bits per heavy atom. The molecule has 1 rings (SSSR count). The van der Waals surface area contributed by atoms with Gasteiger partial charge in [-0.05, 0) is 35.6 Å². The number of phenolic OH excluding ortho intramolecular Hbond substituents is 1. The van der Waals surface area contributed by atoms with E-state index in [1.807, 2.05) is 6.92 Å². The Labute approximate surface area is 84.4 Å². The lowest BCUT2D eigenvalue weighted by molar-refractivity contribution is 0.467. The minimum atomic E-state index is -0.0255. The highest BCUT2D eigenvalue weighted by molar-refractivity contribution is 6.31. The predicted molar refractivity (Wildman–Crippen MR) is 56.6 cm³/mol. The summed E-state index contributed by atoms with van der Waals surface area (Å²) >= 11 is 6.08. The maximum absolute atomic E-state index is 9.53. The molecule has 0 saturated carbocycles. The van der Waals surface area contributed by atoms with E-state index in [1.54, 1.807) is 12.1 Å². The zero-order valence-corrected chi connectivity index (χ0v) is 9.24. The normalized spacial score (nSPS) is 11.8. The second-order valence-corrected chi connectivity index (χ2v) is 4.78. The van der Waals surface area contributed by atoms with Gasteiger partial charge in [0.05, 0.1) is 0 Å². The van der Waals surface area contributed by atoms with Crippen molar-refractivity contribution in [3.05, 3.63) is 28.3 Å². The fraction of sp³-hybridized carbons (Fsp3) is 0.455. The van der Waals surface area contributed by atoms with E-state index in [0.29, 0.717) is 5.75 Å². The van der Waals surface area contributed by atoms with E-state index in [0.717, 1.165) is 16.1 Å². The van der Waals surface area contributed by atoms with Crippen molar-refractivity contribution in [2.75, 3.05) is 0 Å². The summed E-state index contributed by atoms with van der Waals surface area (Å²) in [5, 5.41) is 10.3. The van der Waals surface area contributed by atoms with Gasteiger partial charge in [0.15, 0.2) is 0 Å². The van der Waals surface area contributed by atoms with Gasteiger partial charge < -0.3 is 5.11 Å². The molecule has 0 spiro atoms. The van der Waals surface area contributed by atoms with E-state index in [4.69, 9.17) is 11.6 Å². The zero-order chi connectivity index (χ0) is 10.2. The number of hydrogen-bond acceptors (Lipinski definition) is 1. The van der Waals surface area contributed by atoms with Crippen LogP contribution in [0.15, 0.2) is 12.1 Å². The molecule has 2 heteroatoms. The number of hydrogen-bond donors (Lipinski definition) is 1. The van der Waals surface area contributed by atoms with Crippen LogP contribution in [0, 0.1) is 6.92 Å². The fourth-order valence-electron chi connectivity index (χ4n) is 1.24. The SMILES string of the molecule is Cc1cc(Cl)c(C(C)(C)C)cc1O.